The van der Waals surface area contributed by atoms with Crippen LogP contribution in [-0.2, 0) is 23.4 Å². The lowest BCUT2D eigenvalue weighted by molar-refractivity contribution is -0.141. The second-order valence-electron chi connectivity index (χ2n) is 2.71. The van der Waals surface area contributed by atoms with Gasteiger partial charge in [-0.3, -0.25) is 9.59 Å². The van der Waals surface area contributed by atoms with Crippen LogP contribution in [0.1, 0.15) is 19.3 Å². The van der Waals surface area contributed by atoms with E-state index in [1.165, 1.54) is 7.11 Å². The summed E-state index contributed by atoms with van der Waals surface area (Å²) in [6.45, 7) is 0. The van der Waals surface area contributed by atoms with Crippen molar-refractivity contribution in [1.29, 1.82) is 0 Å². The average molecular weight is 239 g/mol. The first-order chi connectivity index (χ1) is 6.91. The van der Waals surface area contributed by atoms with Crippen LogP contribution in [0.25, 0.3) is 0 Å². The molecule has 88 valence electrons. The smallest absolute Gasteiger partial charge is 0.392 e. The van der Waals surface area contributed by atoms with E-state index in [4.69, 9.17) is 10.6 Å². The van der Waals surface area contributed by atoms with Crippen molar-refractivity contribution in [1.82, 2.24) is 0 Å². The zero-order valence-electron chi connectivity index (χ0n) is 8.34. The van der Waals surface area contributed by atoms with Crippen molar-refractivity contribution >= 4 is 19.5 Å². The lowest BCUT2D eigenvalue weighted by Gasteiger charge is -2.08. The Labute approximate surface area is 87.1 Å². The number of hydrogen-bond acceptors (Lipinski definition) is 6. The maximum Gasteiger partial charge on any atom is 0.392 e. The molecular weight excluding hydrogens is 225 g/mol. The summed E-state index contributed by atoms with van der Waals surface area (Å²) in [6.07, 6.45) is -0.477. The van der Waals surface area contributed by atoms with Crippen molar-refractivity contribution in [2.24, 2.45) is 5.73 Å². The normalized spacial score (nSPS) is 14.1. The highest BCUT2D eigenvalue weighted by molar-refractivity contribution is 7.53. The van der Waals surface area contributed by atoms with Crippen LogP contribution in [0.5, 0.6) is 0 Å². The van der Waals surface area contributed by atoms with Gasteiger partial charge in [0.1, 0.15) is 6.29 Å². The summed E-state index contributed by atoms with van der Waals surface area (Å²) in [5.74, 6) is -1.30. The number of esters is 1. The minimum absolute atomic E-state index is 0.0595. The van der Waals surface area contributed by atoms with Gasteiger partial charge in [0.2, 0.25) is 0 Å². The number of nitrogens with two attached hydrogens (primary N) is 1. The Balaban J connectivity index is 3.77. The summed E-state index contributed by atoms with van der Waals surface area (Å²) in [4.78, 5) is 30.4. The fourth-order valence-electron chi connectivity index (χ4n) is 0.721. The molecule has 0 spiro atoms. The Morgan fingerprint density at radius 3 is 2.33 bits per heavy atom. The Bertz CT molecular complexity index is 279. The number of methoxy groups -OCH3 is 1. The van der Waals surface area contributed by atoms with Crippen LogP contribution >= 0.6 is 7.60 Å². The van der Waals surface area contributed by atoms with E-state index >= 15 is 0 Å². The van der Waals surface area contributed by atoms with Crippen molar-refractivity contribution in [3.63, 3.8) is 0 Å². The largest absolute Gasteiger partial charge is 0.469 e. The van der Waals surface area contributed by atoms with E-state index in [0.717, 1.165) is 0 Å². The van der Waals surface area contributed by atoms with Crippen LogP contribution in [-0.4, -0.2) is 30.2 Å². The summed E-state index contributed by atoms with van der Waals surface area (Å²) in [6, 6.07) is 0. The van der Waals surface area contributed by atoms with Crippen LogP contribution in [0.3, 0.4) is 0 Å². The van der Waals surface area contributed by atoms with Crippen molar-refractivity contribution in [3.05, 3.63) is 0 Å². The lowest BCUT2D eigenvalue weighted by Crippen LogP contribution is -2.09. The van der Waals surface area contributed by atoms with Crippen LogP contribution in [0.4, 0.5) is 0 Å². The Morgan fingerprint density at radius 1 is 1.33 bits per heavy atom. The van der Waals surface area contributed by atoms with E-state index in [2.05, 4.69) is 9.26 Å². The number of carbonyl (C=O) groups excluding carboxylic acids is 2. The number of carbonyl (C=O) groups is 2. The van der Waals surface area contributed by atoms with Crippen LogP contribution in [0, 0.1) is 0 Å². The van der Waals surface area contributed by atoms with Crippen molar-refractivity contribution < 1.29 is 28.3 Å². The molecule has 0 aromatic carbocycles. The summed E-state index contributed by atoms with van der Waals surface area (Å²) in [5.41, 5.74) is 4.89. The zero-order chi connectivity index (χ0) is 11.9. The van der Waals surface area contributed by atoms with Gasteiger partial charge in [-0.15, -0.1) is 0 Å². The van der Waals surface area contributed by atoms with Gasteiger partial charge in [0.25, 0.3) is 0 Å². The van der Waals surface area contributed by atoms with E-state index in [-0.39, 0.29) is 19.3 Å². The minimum atomic E-state index is -3.99. The predicted octanol–water partition coefficient (Wildman–Crippen LogP) is -0.0255. The Morgan fingerprint density at radius 2 is 1.87 bits per heavy atom. The highest BCUT2D eigenvalue weighted by Crippen LogP contribution is 2.39. The maximum absolute atomic E-state index is 10.9. The molecular formula is C7H14NO6P. The van der Waals surface area contributed by atoms with Crippen molar-refractivity contribution in [3.8, 4) is 0 Å². The molecule has 0 fully saturated rings. The molecule has 7 nitrogen and oxygen atoms in total. The highest BCUT2D eigenvalue weighted by atomic mass is 31.2. The van der Waals surface area contributed by atoms with Gasteiger partial charge in [0, 0.05) is 12.8 Å². The molecule has 0 aromatic rings. The third-order valence-corrected chi connectivity index (χ3v) is 2.42. The van der Waals surface area contributed by atoms with Gasteiger partial charge >= 0.3 is 19.5 Å². The van der Waals surface area contributed by atoms with Crippen LogP contribution in [0.2, 0.25) is 0 Å². The van der Waals surface area contributed by atoms with Gasteiger partial charge in [-0.2, -0.15) is 0 Å². The second-order valence-corrected chi connectivity index (χ2v) is 4.54. The molecule has 0 bridgehead atoms. The molecule has 0 aliphatic rings. The van der Waals surface area contributed by atoms with E-state index in [0.29, 0.717) is 0 Å². The van der Waals surface area contributed by atoms with Gasteiger partial charge in [-0.05, 0) is 6.42 Å². The third kappa shape index (κ3) is 7.07. The monoisotopic (exact) mass is 239 g/mol. The molecule has 1 atom stereocenters. The van der Waals surface area contributed by atoms with Gasteiger partial charge in [0.15, 0.2) is 0 Å². The molecule has 0 saturated carbocycles. The molecule has 15 heavy (non-hydrogen) atoms. The second kappa shape index (κ2) is 6.55. The molecule has 0 amide bonds. The average Bonchev–Trinajstić information content (AvgIpc) is 2.16. The fraction of sp³-hybridized carbons (Fsp3) is 0.714. The molecule has 0 aliphatic carbocycles. The molecule has 0 aromatic heterocycles. The highest BCUT2D eigenvalue weighted by Gasteiger charge is 2.21. The molecule has 0 saturated heterocycles. The third-order valence-electron chi connectivity index (χ3n) is 1.46. The molecule has 0 rings (SSSR count). The number of hydrogen-bond donors (Lipinski definition) is 2. The minimum Gasteiger partial charge on any atom is -0.469 e. The summed E-state index contributed by atoms with van der Waals surface area (Å²) < 4.78 is 19.4. The van der Waals surface area contributed by atoms with Crippen LogP contribution in [0.15, 0.2) is 0 Å². The van der Waals surface area contributed by atoms with Gasteiger partial charge < -0.3 is 19.9 Å². The van der Waals surface area contributed by atoms with E-state index in [1.54, 1.807) is 0 Å². The fourth-order valence-corrected chi connectivity index (χ4v) is 1.21. The molecule has 0 radical (unpaired) electrons. The van der Waals surface area contributed by atoms with Crippen LogP contribution < -0.4 is 5.73 Å². The summed E-state index contributed by atoms with van der Waals surface area (Å²) >= 11 is 0. The zero-order valence-corrected chi connectivity index (χ0v) is 9.24. The standard InChI is InChI=1S/C7H14NO6P/c1-13-6(9)3-2-4-7(10)14-15(11,12)5-8/h2-5,8H2,1H3,(H,11,12). The molecule has 0 heterocycles. The lowest BCUT2D eigenvalue weighted by atomic mass is 10.2. The SMILES string of the molecule is COC(=O)CCCC(=O)OP(=O)(O)CN. The number of ether oxygens (including phenoxy) is 1. The van der Waals surface area contributed by atoms with E-state index in [9.17, 15) is 14.2 Å². The molecule has 3 N–H and O–H groups in total. The molecule has 1 unspecified atom stereocenters. The van der Waals surface area contributed by atoms with Gasteiger partial charge in [-0.1, -0.05) is 0 Å². The Hall–Kier alpha value is -0.910. The number of rotatable bonds is 6. The van der Waals surface area contributed by atoms with E-state index < -0.39 is 25.8 Å². The topological polar surface area (TPSA) is 116 Å². The maximum atomic E-state index is 10.9. The van der Waals surface area contributed by atoms with E-state index in [1.807, 2.05) is 0 Å². The van der Waals surface area contributed by atoms with Gasteiger partial charge in [-0.25, -0.2) is 4.57 Å². The quantitative estimate of drug-likeness (QED) is 0.494. The summed E-state index contributed by atoms with van der Waals surface area (Å²) in [7, 11) is -2.76. The van der Waals surface area contributed by atoms with Gasteiger partial charge in [0.05, 0.1) is 7.11 Å². The predicted molar refractivity (Wildman–Crippen MR) is 50.8 cm³/mol. The van der Waals surface area contributed by atoms with Crippen molar-refractivity contribution in [2.75, 3.05) is 13.4 Å². The summed E-state index contributed by atoms with van der Waals surface area (Å²) in [5, 5.41) is 0. The first kappa shape index (κ1) is 14.1. The first-order valence-electron chi connectivity index (χ1n) is 4.22. The first-order valence-corrected chi connectivity index (χ1v) is 5.98. The Kier molecular flexibility index (Phi) is 6.15. The molecule has 8 heteroatoms. The molecule has 0 aliphatic heterocycles. The van der Waals surface area contributed by atoms with Crippen molar-refractivity contribution in [2.45, 2.75) is 19.3 Å².